The lowest BCUT2D eigenvalue weighted by molar-refractivity contribution is 0.801. The van der Waals surface area contributed by atoms with E-state index in [0.717, 1.165) is 35.3 Å². The van der Waals surface area contributed by atoms with Crippen LogP contribution in [0.4, 0.5) is 10.8 Å². The Morgan fingerprint density at radius 3 is 2.74 bits per heavy atom. The van der Waals surface area contributed by atoms with E-state index in [0.29, 0.717) is 6.04 Å². The summed E-state index contributed by atoms with van der Waals surface area (Å²) < 4.78 is 0. The molecule has 1 atom stereocenters. The molecule has 0 amide bonds. The van der Waals surface area contributed by atoms with Crippen LogP contribution in [0.2, 0.25) is 0 Å². The Morgan fingerprint density at radius 1 is 1.04 bits per heavy atom. The third-order valence-corrected chi connectivity index (χ3v) is 4.82. The molecule has 3 aromatic rings. The molecule has 0 saturated carbocycles. The van der Waals surface area contributed by atoms with Crippen molar-refractivity contribution in [3.05, 3.63) is 54.7 Å². The first-order valence-electron chi connectivity index (χ1n) is 7.70. The molecule has 0 aliphatic carbocycles. The maximum atomic E-state index is 4.32. The zero-order chi connectivity index (χ0) is 15.5. The summed E-state index contributed by atoms with van der Waals surface area (Å²) in [5.74, 6) is 0. The van der Waals surface area contributed by atoms with Crippen LogP contribution in [0.25, 0.3) is 10.7 Å². The van der Waals surface area contributed by atoms with E-state index in [9.17, 15) is 0 Å². The third kappa shape index (κ3) is 3.17. The number of aromatic nitrogens is 3. The second-order valence-corrected chi connectivity index (χ2v) is 6.52. The smallest absolute Gasteiger partial charge is 0.206 e. The zero-order valence-corrected chi connectivity index (χ0v) is 13.4. The monoisotopic (exact) mass is 323 g/mol. The fourth-order valence-corrected chi connectivity index (χ4v) is 3.60. The summed E-state index contributed by atoms with van der Waals surface area (Å²) in [5, 5.41) is 13.7. The second kappa shape index (κ2) is 6.34. The van der Waals surface area contributed by atoms with Crippen LogP contribution >= 0.6 is 11.3 Å². The first-order chi connectivity index (χ1) is 11.4. The van der Waals surface area contributed by atoms with E-state index in [1.54, 1.807) is 17.5 Å². The molecule has 4 rings (SSSR count). The average molecular weight is 323 g/mol. The van der Waals surface area contributed by atoms with Gasteiger partial charge < -0.3 is 10.2 Å². The standard InChI is InChI=1S/C17H17N5S/c1-2-6-14(7-3-1)22-11-9-13(12-22)19-17-21-20-16(23-17)15-8-4-5-10-18-15/h1-8,10,13H,9,11-12H2,(H,19,21). The van der Waals surface area contributed by atoms with Crippen LogP contribution in [-0.2, 0) is 0 Å². The fraction of sp³-hybridized carbons (Fsp3) is 0.235. The van der Waals surface area contributed by atoms with Crippen molar-refractivity contribution in [1.82, 2.24) is 15.2 Å². The Balaban J connectivity index is 1.41. The van der Waals surface area contributed by atoms with Gasteiger partial charge in [0, 0.05) is 31.0 Å². The predicted octanol–water partition coefficient (Wildman–Crippen LogP) is 3.29. The second-order valence-electron chi connectivity index (χ2n) is 5.54. The zero-order valence-electron chi connectivity index (χ0n) is 12.6. The Labute approximate surface area is 139 Å². The van der Waals surface area contributed by atoms with Crippen molar-refractivity contribution in [1.29, 1.82) is 0 Å². The Hall–Kier alpha value is -2.47. The molecular weight excluding hydrogens is 306 g/mol. The maximum absolute atomic E-state index is 4.32. The minimum Gasteiger partial charge on any atom is -0.369 e. The Morgan fingerprint density at radius 2 is 1.91 bits per heavy atom. The van der Waals surface area contributed by atoms with E-state index in [1.807, 2.05) is 18.2 Å². The molecule has 5 nitrogen and oxygen atoms in total. The quantitative estimate of drug-likeness (QED) is 0.798. The highest BCUT2D eigenvalue weighted by molar-refractivity contribution is 7.18. The van der Waals surface area contributed by atoms with Crippen LogP contribution in [0.15, 0.2) is 54.7 Å². The van der Waals surface area contributed by atoms with Gasteiger partial charge in [0.2, 0.25) is 5.13 Å². The lowest BCUT2D eigenvalue weighted by Crippen LogP contribution is -2.25. The highest BCUT2D eigenvalue weighted by Gasteiger charge is 2.23. The van der Waals surface area contributed by atoms with E-state index < -0.39 is 0 Å². The molecule has 6 heteroatoms. The normalized spacial score (nSPS) is 17.4. The third-order valence-electron chi connectivity index (χ3n) is 3.95. The van der Waals surface area contributed by atoms with Gasteiger partial charge in [-0.3, -0.25) is 4.98 Å². The summed E-state index contributed by atoms with van der Waals surface area (Å²) in [7, 11) is 0. The lowest BCUT2D eigenvalue weighted by Gasteiger charge is -2.18. The molecule has 23 heavy (non-hydrogen) atoms. The van der Waals surface area contributed by atoms with Gasteiger partial charge in [-0.1, -0.05) is 35.6 Å². The number of nitrogens with zero attached hydrogens (tertiary/aromatic N) is 4. The van der Waals surface area contributed by atoms with Crippen LogP contribution in [-0.4, -0.2) is 34.3 Å². The summed E-state index contributed by atoms with van der Waals surface area (Å²) in [6, 6.07) is 16.8. The highest BCUT2D eigenvalue weighted by Crippen LogP contribution is 2.27. The SMILES string of the molecule is c1ccc(N2CCC(Nc3nnc(-c4ccccn4)s3)C2)cc1. The average Bonchev–Trinajstić information content (AvgIpc) is 3.27. The predicted molar refractivity (Wildman–Crippen MR) is 93.8 cm³/mol. The summed E-state index contributed by atoms with van der Waals surface area (Å²) in [6.07, 6.45) is 2.88. The van der Waals surface area contributed by atoms with Gasteiger partial charge in [0.15, 0.2) is 5.01 Å². The van der Waals surface area contributed by atoms with E-state index in [2.05, 4.69) is 55.7 Å². The lowest BCUT2D eigenvalue weighted by atomic mass is 10.3. The van der Waals surface area contributed by atoms with Crippen LogP contribution in [0.5, 0.6) is 0 Å². The van der Waals surface area contributed by atoms with Crippen LogP contribution in [0, 0.1) is 0 Å². The number of pyridine rings is 1. The number of para-hydroxylation sites is 1. The van der Waals surface area contributed by atoms with Gasteiger partial charge in [-0.2, -0.15) is 0 Å². The number of hydrogen-bond donors (Lipinski definition) is 1. The molecule has 1 unspecified atom stereocenters. The molecular formula is C17H17N5S. The topological polar surface area (TPSA) is 53.9 Å². The Bertz CT molecular complexity index is 759. The number of anilines is 2. The largest absolute Gasteiger partial charge is 0.369 e. The molecule has 1 N–H and O–H groups in total. The van der Waals surface area contributed by atoms with Gasteiger partial charge in [0.1, 0.15) is 5.69 Å². The van der Waals surface area contributed by atoms with Crippen molar-refractivity contribution < 1.29 is 0 Å². The van der Waals surface area contributed by atoms with Gasteiger partial charge >= 0.3 is 0 Å². The van der Waals surface area contributed by atoms with Crippen molar-refractivity contribution in [2.45, 2.75) is 12.5 Å². The fourth-order valence-electron chi connectivity index (χ4n) is 2.80. The molecule has 3 heterocycles. The van der Waals surface area contributed by atoms with Crippen molar-refractivity contribution in [2.75, 3.05) is 23.3 Å². The van der Waals surface area contributed by atoms with Gasteiger partial charge in [-0.25, -0.2) is 0 Å². The summed E-state index contributed by atoms with van der Waals surface area (Å²) in [5.41, 5.74) is 2.15. The van der Waals surface area contributed by atoms with Crippen LogP contribution in [0.1, 0.15) is 6.42 Å². The molecule has 2 aromatic heterocycles. The molecule has 1 aromatic carbocycles. The summed E-state index contributed by atoms with van der Waals surface area (Å²) in [4.78, 5) is 6.72. The van der Waals surface area contributed by atoms with Crippen molar-refractivity contribution in [3.63, 3.8) is 0 Å². The van der Waals surface area contributed by atoms with E-state index in [-0.39, 0.29) is 0 Å². The van der Waals surface area contributed by atoms with Crippen molar-refractivity contribution in [2.24, 2.45) is 0 Å². The van der Waals surface area contributed by atoms with Gasteiger partial charge in [-0.05, 0) is 30.7 Å². The maximum Gasteiger partial charge on any atom is 0.206 e. The van der Waals surface area contributed by atoms with E-state index >= 15 is 0 Å². The summed E-state index contributed by atoms with van der Waals surface area (Å²) >= 11 is 1.56. The van der Waals surface area contributed by atoms with Crippen LogP contribution in [0.3, 0.4) is 0 Å². The summed E-state index contributed by atoms with van der Waals surface area (Å²) in [6.45, 7) is 2.05. The minimum absolute atomic E-state index is 0.403. The van der Waals surface area contributed by atoms with Crippen molar-refractivity contribution >= 4 is 22.2 Å². The molecule has 0 radical (unpaired) electrons. The Kier molecular flexibility index (Phi) is 3.90. The number of hydrogen-bond acceptors (Lipinski definition) is 6. The molecule has 1 aliphatic heterocycles. The number of benzene rings is 1. The number of nitrogens with one attached hydrogen (secondary N) is 1. The molecule has 116 valence electrons. The van der Waals surface area contributed by atoms with Crippen LogP contribution < -0.4 is 10.2 Å². The first kappa shape index (κ1) is 14.1. The molecule has 0 bridgehead atoms. The number of rotatable bonds is 4. The highest BCUT2D eigenvalue weighted by atomic mass is 32.1. The van der Waals surface area contributed by atoms with Gasteiger partial charge in [0.25, 0.3) is 0 Å². The molecule has 1 saturated heterocycles. The van der Waals surface area contributed by atoms with Gasteiger partial charge in [-0.15, -0.1) is 10.2 Å². The van der Waals surface area contributed by atoms with E-state index in [4.69, 9.17) is 0 Å². The van der Waals surface area contributed by atoms with E-state index in [1.165, 1.54) is 5.69 Å². The molecule has 1 aliphatic rings. The first-order valence-corrected chi connectivity index (χ1v) is 8.51. The minimum atomic E-state index is 0.403. The van der Waals surface area contributed by atoms with Crippen molar-refractivity contribution in [3.8, 4) is 10.7 Å². The van der Waals surface area contributed by atoms with Gasteiger partial charge in [0.05, 0.1) is 0 Å². The molecule has 0 spiro atoms. The molecule has 1 fully saturated rings.